The summed E-state index contributed by atoms with van der Waals surface area (Å²) >= 11 is 0. The van der Waals surface area contributed by atoms with Gasteiger partial charge in [0.2, 0.25) is 0 Å². The summed E-state index contributed by atoms with van der Waals surface area (Å²) in [6, 6.07) is 4.67. The van der Waals surface area contributed by atoms with Gasteiger partial charge < -0.3 is 10.4 Å². The lowest BCUT2D eigenvalue weighted by atomic mass is 10.1. The van der Waals surface area contributed by atoms with Crippen LogP contribution in [0.15, 0.2) is 30.6 Å². The number of carbonyl (C=O) groups excluding carboxylic acids is 1. The Kier molecular flexibility index (Phi) is 3.09. The minimum atomic E-state index is -0.163. The van der Waals surface area contributed by atoms with Crippen LogP contribution < -0.4 is 5.32 Å². The Labute approximate surface area is 98.5 Å². The summed E-state index contributed by atoms with van der Waals surface area (Å²) in [5.74, 6) is -0.00224. The summed E-state index contributed by atoms with van der Waals surface area (Å²) in [5.41, 5.74) is 2.22. The molecule has 88 valence electrons. The van der Waals surface area contributed by atoms with E-state index in [4.69, 9.17) is 0 Å². The van der Waals surface area contributed by atoms with E-state index in [1.165, 1.54) is 6.07 Å². The standard InChI is InChI=1S/C12H13N3O2/c1-8-4-10(16)2-3-11(8)12(17)13-5-9-6-14-15-7-9/h2-4,6-7,16H,5H2,1H3,(H,13,17)(H,14,15). The van der Waals surface area contributed by atoms with Crippen molar-refractivity contribution in [1.82, 2.24) is 15.5 Å². The second-order valence-electron chi connectivity index (χ2n) is 3.79. The first-order valence-corrected chi connectivity index (χ1v) is 5.22. The number of benzene rings is 1. The van der Waals surface area contributed by atoms with Crippen LogP contribution in [0.5, 0.6) is 5.75 Å². The highest BCUT2D eigenvalue weighted by Crippen LogP contribution is 2.15. The van der Waals surface area contributed by atoms with Crippen molar-refractivity contribution in [2.24, 2.45) is 0 Å². The second-order valence-corrected chi connectivity index (χ2v) is 3.79. The number of carbonyl (C=O) groups is 1. The normalized spacial score (nSPS) is 10.2. The van der Waals surface area contributed by atoms with Crippen molar-refractivity contribution in [2.45, 2.75) is 13.5 Å². The van der Waals surface area contributed by atoms with Crippen molar-refractivity contribution < 1.29 is 9.90 Å². The first-order chi connectivity index (χ1) is 8.16. The van der Waals surface area contributed by atoms with E-state index in [9.17, 15) is 9.90 Å². The fourth-order valence-electron chi connectivity index (χ4n) is 1.55. The van der Waals surface area contributed by atoms with E-state index in [1.807, 2.05) is 0 Å². The zero-order valence-corrected chi connectivity index (χ0v) is 9.40. The van der Waals surface area contributed by atoms with Gasteiger partial charge in [0.05, 0.1) is 6.20 Å². The number of nitrogens with one attached hydrogen (secondary N) is 2. The lowest BCUT2D eigenvalue weighted by molar-refractivity contribution is 0.0950. The highest BCUT2D eigenvalue weighted by atomic mass is 16.3. The third-order valence-corrected chi connectivity index (χ3v) is 2.46. The van der Waals surface area contributed by atoms with Gasteiger partial charge in [-0.1, -0.05) is 0 Å². The lowest BCUT2D eigenvalue weighted by Crippen LogP contribution is -2.23. The van der Waals surface area contributed by atoms with Crippen LogP contribution in [0.3, 0.4) is 0 Å². The fourth-order valence-corrected chi connectivity index (χ4v) is 1.55. The van der Waals surface area contributed by atoms with Gasteiger partial charge in [0, 0.05) is 23.9 Å². The molecule has 1 aromatic carbocycles. The van der Waals surface area contributed by atoms with Crippen LogP contribution in [0.4, 0.5) is 0 Å². The van der Waals surface area contributed by atoms with Crippen LogP contribution in [-0.4, -0.2) is 21.2 Å². The molecule has 0 atom stereocenters. The van der Waals surface area contributed by atoms with Crippen molar-refractivity contribution in [3.8, 4) is 5.75 Å². The van der Waals surface area contributed by atoms with E-state index >= 15 is 0 Å². The Bertz CT molecular complexity index is 521. The largest absolute Gasteiger partial charge is 0.508 e. The highest BCUT2D eigenvalue weighted by Gasteiger charge is 2.09. The molecular formula is C12H13N3O2. The predicted octanol–water partition coefficient (Wildman–Crippen LogP) is 1.35. The average Bonchev–Trinajstić information content (AvgIpc) is 2.78. The van der Waals surface area contributed by atoms with E-state index in [2.05, 4.69) is 15.5 Å². The summed E-state index contributed by atoms with van der Waals surface area (Å²) in [4.78, 5) is 11.8. The highest BCUT2D eigenvalue weighted by molar-refractivity contribution is 5.95. The predicted molar refractivity (Wildman–Crippen MR) is 62.6 cm³/mol. The maximum Gasteiger partial charge on any atom is 0.251 e. The fraction of sp³-hybridized carbons (Fsp3) is 0.167. The Hall–Kier alpha value is -2.30. The van der Waals surface area contributed by atoms with Gasteiger partial charge >= 0.3 is 0 Å². The molecule has 0 saturated heterocycles. The molecule has 0 unspecified atom stereocenters. The molecule has 1 aromatic heterocycles. The van der Waals surface area contributed by atoms with E-state index in [0.717, 1.165) is 11.1 Å². The number of H-pyrrole nitrogens is 1. The van der Waals surface area contributed by atoms with Crippen molar-refractivity contribution in [1.29, 1.82) is 0 Å². The molecule has 0 aliphatic heterocycles. The molecule has 17 heavy (non-hydrogen) atoms. The Morgan fingerprint density at radius 1 is 1.53 bits per heavy atom. The van der Waals surface area contributed by atoms with E-state index in [0.29, 0.717) is 12.1 Å². The van der Waals surface area contributed by atoms with Crippen molar-refractivity contribution in [3.05, 3.63) is 47.3 Å². The van der Waals surface area contributed by atoms with Gasteiger partial charge in [-0.2, -0.15) is 5.10 Å². The number of aromatic hydroxyl groups is 1. The monoisotopic (exact) mass is 231 g/mol. The molecule has 0 aliphatic carbocycles. The number of phenolic OH excluding ortho intramolecular Hbond substituents is 1. The molecule has 3 N–H and O–H groups in total. The molecule has 0 saturated carbocycles. The molecule has 1 amide bonds. The first kappa shape index (κ1) is 11.2. The Balaban J connectivity index is 2.04. The number of amides is 1. The second kappa shape index (κ2) is 4.69. The zero-order valence-electron chi connectivity index (χ0n) is 9.40. The number of nitrogens with zero attached hydrogens (tertiary/aromatic N) is 1. The van der Waals surface area contributed by atoms with Crippen molar-refractivity contribution in [2.75, 3.05) is 0 Å². The molecular weight excluding hydrogens is 218 g/mol. The third kappa shape index (κ3) is 2.63. The van der Waals surface area contributed by atoms with E-state index < -0.39 is 0 Å². The van der Waals surface area contributed by atoms with Gasteiger partial charge in [-0.15, -0.1) is 0 Å². The maximum absolute atomic E-state index is 11.8. The van der Waals surface area contributed by atoms with E-state index in [1.54, 1.807) is 31.5 Å². The topological polar surface area (TPSA) is 78.0 Å². The zero-order chi connectivity index (χ0) is 12.3. The molecule has 0 radical (unpaired) electrons. The molecule has 2 aromatic rings. The van der Waals surface area contributed by atoms with Gasteiger partial charge in [-0.25, -0.2) is 0 Å². The van der Waals surface area contributed by atoms with Crippen LogP contribution in [0, 0.1) is 6.92 Å². The Morgan fingerprint density at radius 3 is 3.00 bits per heavy atom. The number of hydrogen-bond acceptors (Lipinski definition) is 3. The average molecular weight is 231 g/mol. The van der Waals surface area contributed by atoms with Crippen LogP contribution in [-0.2, 0) is 6.54 Å². The van der Waals surface area contributed by atoms with Crippen LogP contribution in [0.1, 0.15) is 21.5 Å². The molecule has 0 fully saturated rings. The maximum atomic E-state index is 11.8. The van der Waals surface area contributed by atoms with Gasteiger partial charge in [-0.05, 0) is 30.7 Å². The van der Waals surface area contributed by atoms with Crippen molar-refractivity contribution >= 4 is 5.91 Å². The third-order valence-electron chi connectivity index (χ3n) is 2.46. The molecule has 5 heteroatoms. The van der Waals surface area contributed by atoms with Gasteiger partial charge in [0.25, 0.3) is 5.91 Å². The summed E-state index contributed by atoms with van der Waals surface area (Å²) in [6.45, 7) is 2.21. The summed E-state index contributed by atoms with van der Waals surface area (Å²) in [6.07, 6.45) is 3.38. The molecule has 0 aliphatic rings. The molecule has 2 rings (SSSR count). The van der Waals surface area contributed by atoms with Crippen molar-refractivity contribution in [3.63, 3.8) is 0 Å². The number of hydrogen-bond donors (Lipinski definition) is 3. The quantitative estimate of drug-likeness (QED) is 0.746. The number of aromatic nitrogens is 2. The lowest BCUT2D eigenvalue weighted by Gasteiger charge is -2.06. The Morgan fingerprint density at radius 2 is 2.35 bits per heavy atom. The molecule has 0 bridgehead atoms. The smallest absolute Gasteiger partial charge is 0.251 e. The number of rotatable bonds is 3. The number of phenols is 1. The number of aromatic amines is 1. The van der Waals surface area contributed by atoms with Crippen LogP contribution >= 0.6 is 0 Å². The van der Waals surface area contributed by atoms with Gasteiger partial charge in [0.15, 0.2) is 0 Å². The summed E-state index contributed by atoms with van der Waals surface area (Å²) in [5, 5.41) is 18.5. The molecule has 0 spiro atoms. The first-order valence-electron chi connectivity index (χ1n) is 5.22. The van der Waals surface area contributed by atoms with Crippen LogP contribution in [0.25, 0.3) is 0 Å². The molecule has 5 nitrogen and oxygen atoms in total. The van der Waals surface area contributed by atoms with Gasteiger partial charge in [-0.3, -0.25) is 9.89 Å². The van der Waals surface area contributed by atoms with Crippen LogP contribution in [0.2, 0.25) is 0 Å². The number of aryl methyl sites for hydroxylation is 1. The summed E-state index contributed by atoms with van der Waals surface area (Å²) < 4.78 is 0. The minimum absolute atomic E-state index is 0.161. The minimum Gasteiger partial charge on any atom is -0.508 e. The molecule has 1 heterocycles. The van der Waals surface area contributed by atoms with Gasteiger partial charge in [0.1, 0.15) is 5.75 Å². The van der Waals surface area contributed by atoms with E-state index in [-0.39, 0.29) is 11.7 Å². The summed E-state index contributed by atoms with van der Waals surface area (Å²) in [7, 11) is 0. The SMILES string of the molecule is Cc1cc(O)ccc1C(=O)NCc1cn[nH]c1.